The number of rotatable bonds is 5. The lowest BCUT2D eigenvalue weighted by Gasteiger charge is -2.31. The minimum absolute atomic E-state index is 0.429. The Morgan fingerprint density at radius 1 is 1.37 bits per heavy atom. The van der Waals surface area contributed by atoms with Crippen LogP contribution in [0.3, 0.4) is 0 Å². The number of ether oxygens (including phenoxy) is 2. The first-order valence-electron chi connectivity index (χ1n) is 7.22. The van der Waals surface area contributed by atoms with Gasteiger partial charge in [-0.3, -0.25) is 0 Å². The van der Waals surface area contributed by atoms with Crippen molar-refractivity contribution in [3.8, 4) is 5.75 Å². The molecule has 0 bridgehead atoms. The van der Waals surface area contributed by atoms with E-state index < -0.39 is 0 Å². The fourth-order valence-electron chi connectivity index (χ4n) is 2.92. The summed E-state index contributed by atoms with van der Waals surface area (Å²) in [6.45, 7) is 7.05. The Kier molecular flexibility index (Phi) is 5.23. The number of hydrogen-bond acceptors (Lipinski definition) is 3. The van der Waals surface area contributed by atoms with Crippen molar-refractivity contribution < 1.29 is 9.47 Å². The predicted octanol–water partition coefficient (Wildman–Crippen LogP) is 3.08. The molecule has 1 N–H and O–H groups in total. The average Bonchev–Trinajstić information content (AvgIpc) is 2.45. The van der Waals surface area contributed by atoms with Gasteiger partial charge in [-0.25, -0.2) is 0 Å². The van der Waals surface area contributed by atoms with Crippen molar-refractivity contribution in [1.29, 1.82) is 0 Å². The highest BCUT2D eigenvalue weighted by Crippen LogP contribution is 2.32. The Hall–Kier alpha value is -1.06. The Morgan fingerprint density at radius 2 is 2.11 bits per heavy atom. The highest BCUT2D eigenvalue weighted by Gasteiger charge is 2.25. The van der Waals surface area contributed by atoms with Crippen molar-refractivity contribution in [2.75, 3.05) is 26.9 Å². The summed E-state index contributed by atoms with van der Waals surface area (Å²) in [4.78, 5) is 0. The Bertz CT molecular complexity index is 400. The number of hydrogen-bond donors (Lipinski definition) is 1. The van der Waals surface area contributed by atoms with Gasteiger partial charge in [-0.15, -0.1) is 0 Å². The zero-order valence-electron chi connectivity index (χ0n) is 12.2. The summed E-state index contributed by atoms with van der Waals surface area (Å²) in [5.74, 6) is 1.63. The van der Waals surface area contributed by atoms with E-state index in [0.717, 1.165) is 38.3 Å². The summed E-state index contributed by atoms with van der Waals surface area (Å²) in [6.07, 6.45) is 2.28. The van der Waals surface area contributed by atoms with Crippen molar-refractivity contribution in [2.45, 2.75) is 32.7 Å². The number of aryl methyl sites for hydroxylation is 1. The van der Waals surface area contributed by atoms with Gasteiger partial charge in [0, 0.05) is 19.3 Å². The van der Waals surface area contributed by atoms with Crippen LogP contribution in [0.1, 0.15) is 36.9 Å². The number of methoxy groups -OCH3 is 1. The van der Waals surface area contributed by atoms with E-state index in [9.17, 15) is 0 Å². The summed E-state index contributed by atoms with van der Waals surface area (Å²) in [5.41, 5.74) is 2.57. The topological polar surface area (TPSA) is 30.5 Å². The van der Waals surface area contributed by atoms with E-state index >= 15 is 0 Å². The van der Waals surface area contributed by atoms with Gasteiger partial charge in [0.05, 0.1) is 7.11 Å². The average molecular weight is 263 g/mol. The second-order valence-corrected chi connectivity index (χ2v) is 5.21. The SMILES string of the molecule is CCNC(c1ccc(OC)c(C)c1)C1CCOCC1. The van der Waals surface area contributed by atoms with Gasteiger partial charge in [-0.2, -0.15) is 0 Å². The zero-order valence-corrected chi connectivity index (χ0v) is 12.2. The zero-order chi connectivity index (χ0) is 13.7. The fourth-order valence-corrected chi connectivity index (χ4v) is 2.92. The van der Waals surface area contributed by atoms with E-state index in [1.54, 1.807) is 7.11 Å². The van der Waals surface area contributed by atoms with Gasteiger partial charge in [-0.05, 0) is 49.4 Å². The van der Waals surface area contributed by atoms with Gasteiger partial charge in [0.2, 0.25) is 0 Å². The van der Waals surface area contributed by atoms with Crippen LogP contribution < -0.4 is 10.1 Å². The molecule has 1 unspecified atom stereocenters. The van der Waals surface area contributed by atoms with Gasteiger partial charge in [-0.1, -0.05) is 19.1 Å². The van der Waals surface area contributed by atoms with Gasteiger partial charge in [0.15, 0.2) is 0 Å². The van der Waals surface area contributed by atoms with E-state index in [1.165, 1.54) is 11.1 Å². The lowest BCUT2D eigenvalue weighted by molar-refractivity contribution is 0.0538. The monoisotopic (exact) mass is 263 g/mol. The smallest absolute Gasteiger partial charge is 0.121 e. The van der Waals surface area contributed by atoms with Crippen LogP contribution >= 0.6 is 0 Å². The van der Waals surface area contributed by atoms with Gasteiger partial charge in [0.1, 0.15) is 5.75 Å². The molecule has 1 aromatic rings. The molecule has 106 valence electrons. The third kappa shape index (κ3) is 3.48. The van der Waals surface area contributed by atoms with Crippen molar-refractivity contribution in [2.24, 2.45) is 5.92 Å². The molecule has 19 heavy (non-hydrogen) atoms. The molecular weight excluding hydrogens is 238 g/mol. The Labute approximate surface area is 116 Å². The van der Waals surface area contributed by atoms with E-state index in [-0.39, 0.29) is 0 Å². The van der Waals surface area contributed by atoms with Crippen LogP contribution in [0.15, 0.2) is 18.2 Å². The molecule has 2 rings (SSSR count). The molecule has 3 nitrogen and oxygen atoms in total. The molecule has 0 aromatic heterocycles. The molecule has 1 aliphatic heterocycles. The largest absolute Gasteiger partial charge is 0.496 e. The molecule has 0 spiro atoms. The van der Waals surface area contributed by atoms with Gasteiger partial charge in [0.25, 0.3) is 0 Å². The Balaban J connectivity index is 2.19. The maximum Gasteiger partial charge on any atom is 0.121 e. The molecule has 0 aliphatic carbocycles. The lowest BCUT2D eigenvalue weighted by Crippen LogP contribution is -2.32. The van der Waals surface area contributed by atoms with Crippen LogP contribution in [-0.4, -0.2) is 26.9 Å². The normalized spacial score (nSPS) is 18.3. The Morgan fingerprint density at radius 3 is 2.68 bits per heavy atom. The summed E-state index contributed by atoms with van der Waals surface area (Å²) >= 11 is 0. The fraction of sp³-hybridized carbons (Fsp3) is 0.625. The van der Waals surface area contributed by atoms with E-state index in [2.05, 4.69) is 37.4 Å². The predicted molar refractivity (Wildman–Crippen MR) is 77.7 cm³/mol. The van der Waals surface area contributed by atoms with Crippen LogP contribution in [0.4, 0.5) is 0 Å². The van der Waals surface area contributed by atoms with Gasteiger partial charge >= 0.3 is 0 Å². The first-order valence-corrected chi connectivity index (χ1v) is 7.22. The van der Waals surface area contributed by atoms with E-state index in [1.807, 2.05) is 0 Å². The maximum absolute atomic E-state index is 5.48. The first-order chi connectivity index (χ1) is 9.26. The molecule has 0 radical (unpaired) electrons. The lowest BCUT2D eigenvalue weighted by atomic mass is 9.86. The minimum atomic E-state index is 0.429. The molecule has 0 saturated carbocycles. The van der Waals surface area contributed by atoms with Crippen molar-refractivity contribution in [3.05, 3.63) is 29.3 Å². The van der Waals surface area contributed by atoms with Crippen LogP contribution in [-0.2, 0) is 4.74 Å². The molecule has 1 fully saturated rings. The third-order valence-corrected chi connectivity index (χ3v) is 3.94. The standard InChI is InChI=1S/C16H25NO2/c1-4-17-16(13-7-9-19-10-8-13)14-5-6-15(18-3)12(2)11-14/h5-6,11,13,16-17H,4,7-10H2,1-3H3. The highest BCUT2D eigenvalue weighted by atomic mass is 16.5. The summed E-state index contributed by atoms with van der Waals surface area (Å²) in [5, 5.41) is 3.64. The molecule has 1 heterocycles. The summed E-state index contributed by atoms with van der Waals surface area (Å²) < 4.78 is 10.8. The summed E-state index contributed by atoms with van der Waals surface area (Å²) in [7, 11) is 1.72. The molecule has 1 aliphatic rings. The van der Waals surface area contributed by atoms with Crippen LogP contribution in [0.5, 0.6) is 5.75 Å². The maximum atomic E-state index is 5.48. The second-order valence-electron chi connectivity index (χ2n) is 5.21. The molecule has 1 aromatic carbocycles. The minimum Gasteiger partial charge on any atom is -0.496 e. The van der Waals surface area contributed by atoms with E-state index in [0.29, 0.717) is 12.0 Å². The molecule has 0 amide bonds. The van der Waals surface area contributed by atoms with Crippen molar-refractivity contribution in [3.63, 3.8) is 0 Å². The number of benzene rings is 1. The van der Waals surface area contributed by atoms with Crippen LogP contribution in [0.25, 0.3) is 0 Å². The first kappa shape index (κ1) is 14.4. The second kappa shape index (κ2) is 6.92. The highest BCUT2D eigenvalue weighted by molar-refractivity contribution is 5.37. The third-order valence-electron chi connectivity index (χ3n) is 3.94. The van der Waals surface area contributed by atoms with E-state index in [4.69, 9.17) is 9.47 Å². The van der Waals surface area contributed by atoms with Crippen LogP contribution in [0, 0.1) is 12.8 Å². The molecular formula is C16H25NO2. The molecule has 1 saturated heterocycles. The summed E-state index contributed by atoms with van der Waals surface area (Å²) in [6, 6.07) is 6.95. The quantitative estimate of drug-likeness (QED) is 0.885. The molecule has 1 atom stereocenters. The van der Waals surface area contributed by atoms with Crippen molar-refractivity contribution in [1.82, 2.24) is 5.32 Å². The van der Waals surface area contributed by atoms with Crippen molar-refractivity contribution >= 4 is 0 Å². The molecule has 3 heteroatoms. The van der Waals surface area contributed by atoms with Gasteiger partial charge < -0.3 is 14.8 Å². The van der Waals surface area contributed by atoms with Crippen LogP contribution in [0.2, 0.25) is 0 Å². The number of nitrogens with one attached hydrogen (secondary N) is 1.